The summed E-state index contributed by atoms with van der Waals surface area (Å²) in [4.78, 5) is 12.3. The summed E-state index contributed by atoms with van der Waals surface area (Å²) in [5.41, 5.74) is 1.48. The van der Waals surface area contributed by atoms with E-state index in [2.05, 4.69) is 28.8 Å². The summed E-state index contributed by atoms with van der Waals surface area (Å²) in [5, 5.41) is 0.414. The number of hydrogen-bond donors (Lipinski definition) is 0. The van der Waals surface area contributed by atoms with Crippen LogP contribution in [0.2, 0.25) is 5.15 Å². The molecule has 0 N–H and O–H groups in total. The molecule has 0 radical (unpaired) electrons. The lowest BCUT2D eigenvalue weighted by molar-refractivity contribution is 0.541. The van der Waals surface area contributed by atoms with Crippen LogP contribution in [0.1, 0.15) is 26.3 Å². The van der Waals surface area contributed by atoms with Crippen molar-refractivity contribution in [2.75, 3.05) is 0 Å². The van der Waals surface area contributed by atoms with Crippen LogP contribution in [-0.4, -0.2) is 19.5 Å². The lowest BCUT2D eigenvalue weighted by Crippen LogP contribution is -2.02. The van der Waals surface area contributed by atoms with Gasteiger partial charge in [-0.05, 0) is 13.3 Å². The van der Waals surface area contributed by atoms with Crippen molar-refractivity contribution in [2.45, 2.75) is 26.3 Å². The molecule has 74 valence electrons. The molecule has 1 atom stereocenters. The normalized spacial score (nSPS) is 13.4. The average Bonchev–Trinajstić information content (AvgIpc) is 2.62. The van der Waals surface area contributed by atoms with Crippen LogP contribution in [0.4, 0.5) is 0 Å². The van der Waals surface area contributed by atoms with Crippen molar-refractivity contribution < 1.29 is 0 Å². The molecule has 2 aromatic rings. The van der Waals surface area contributed by atoms with Gasteiger partial charge in [-0.25, -0.2) is 15.0 Å². The zero-order valence-corrected chi connectivity index (χ0v) is 8.86. The van der Waals surface area contributed by atoms with E-state index >= 15 is 0 Å². The van der Waals surface area contributed by atoms with Crippen LogP contribution in [0, 0.1) is 0 Å². The monoisotopic (exact) mass is 210 g/mol. The number of halogens is 1. The smallest absolute Gasteiger partial charge is 0.165 e. The van der Waals surface area contributed by atoms with Crippen molar-refractivity contribution in [1.29, 1.82) is 0 Å². The Labute approximate surface area is 87.0 Å². The van der Waals surface area contributed by atoms with Crippen molar-refractivity contribution in [3.8, 4) is 0 Å². The van der Waals surface area contributed by atoms with Gasteiger partial charge in [0.2, 0.25) is 0 Å². The minimum atomic E-state index is 0.381. The highest BCUT2D eigenvalue weighted by Gasteiger charge is 2.11. The van der Waals surface area contributed by atoms with Gasteiger partial charge in [0.25, 0.3) is 0 Å². The lowest BCUT2D eigenvalue weighted by Gasteiger charge is -2.10. The van der Waals surface area contributed by atoms with E-state index in [1.54, 1.807) is 6.33 Å². The zero-order valence-electron chi connectivity index (χ0n) is 8.11. The summed E-state index contributed by atoms with van der Waals surface area (Å²) in [5.74, 6) is 0. The summed E-state index contributed by atoms with van der Waals surface area (Å²) in [6.07, 6.45) is 4.26. The van der Waals surface area contributed by atoms with Crippen molar-refractivity contribution >= 4 is 22.8 Å². The Morgan fingerprint density at radius 2 is 2.21 bits per heavy atom. The largest absolute Gasteiger partial charge is 0.312 e. The molecule has 4 nitrogen and oxygen atoms in total. The highest BCUT2D eigenvalue weighted by atomic mass is 35.5. The van der Waals surface area contributed by atoms with E-state index in [4.69, 9.17) is 11.6 Å². The number of rotatable bonds is 2. The van der Waals surface area contributed by atoms with Crippen LogP contribution < -0.4 is 0 Å². The SMILES string of the molecule is CCC(C)n1cnc2c(Cl)ncnc21. The summed E-state index contributed by atoms with van der Waals surface area (Å²) in [6.45, 7) is 4.25. The van der Waals surface area contributed by atoms with Crippen molar-refractivity contribution in [3.63, 3.8) is 0 Å². The van der Waals surface area contributed by atoms with E-state index in [1.165, 1.54) is 6.33 Å². The Hall–Kier alpha value is -1.16. The maximum absolute atomic E-state index is 5.89. The molecule has 0 aliphatic rings. The molecule has 2 rings (SSSR count). The Balaban J connectivity index is 2.63. The molecule has 0 saturated carbocycles. The van der Waals surface area contributed by atoms with Gasteiger partial charge in [0, 0.05) is 6.04 Å². The summed E-state index contributed by atoms with van der Waals surface area (Å²) >= 11 is 5.89. The minimum absolute atomic E-state index is 0.381. The Kier molecular flexibility index (Phi) is 2.37. The third-order valence-electron chi connectivity index (χ3n) is 2.38. The van der Waals surface area contributed by atoms with Gasteiger partial charge in [0.05, 0.1) is 6.33 Å². The van der Waals surface area contributed by atoms with E-state index in [0.29, 0.717) is 16.7 Å². The van der Waals surface area contributed by atoms with Gasteiger partial charge < -0.3 is 4.57 Å². The van der Waals surface area contributed by atoms with E-state index < -0.39 is 0 Å². The first-order valence-corrected chi connectivity index (χ1v) is 4.95. The molecule has 0 spiro atoms. The van der Waals surface area contributed by atoms with Crippen LogP contribution in [0.25, 0.3) is 11.2 Å². The quantitative estimate of drug-likeness (QED) is 0.716. The highest BCUT2D eigenvalue weighted by molar-refractivity contribution is 6.33. The first-order valence-electron chi connectivity index (χ1n) is 4.57. The minimum Gasteiger partial charge on any atom is -0.312 e. The molecule has 0 bridgehead atoms. The van der Waals surface area contributed by atoms with E-state index in [9.17, 15) is 0 Å². The first kappa shape index (κ1) is 9.40. The molecule has 2 heterocycles. The zero-order chi connectivity index (χ0) is 10.1. The second-order valence-corrected chi connectivity index (χ2v) is 3.60. The molecule has 0 saturated heterocycles. The molecule has 5 heteroatoms. The van der Waals surface area contributed by atoms with Crippen molar-refractivity contribution in [3.05, 3.63) is 17.8 Å². The predicted molar refractivity (Wildman–Crippen MR) is 55.3 cm³/mol. The number of imidazole rings is 1. The Morgan fingerprint density at radius 1 is 1.43 bits per heavy atom. The maximum atomic E-state index is 5.89. The summed E-state index contributed by atoms with van der Waals surface area (Å²) in [6, 6.07) is 0.381. The molecular weight excluding hydrogens is 200 g/mol. The number of aromatic nitrogens is 4. The fraction of sp³-hybridized carbons (Fsp3) is 0.444. The summed E-state index contributed by atoms with van der Waals surface area (Å²) < 4.78 is 2.02. The van der Waals surface area contributed by atoms with Crippen LogP contribution >= 0.6 is 11.6 Å². The number of nitrogens with zero attached hydrogens (tertiary/aromatic N) is 4. The van der Waals surface area contributed by atoms with E-state index in [-0.39, 0.29) is 0 Å². The van der Waals surface area contributed by atoms with Crippen molar-refractivity contribution in [1.82, 2.24) is 19.5 Å². The van der Waals surface area contributed by atoms with Gasteiger partial charge in [-0.1, -0.05) is 18.5 Å². The van der Waals surface area contributed by atoms with Gasteiger partial charge in [-0.2, -0.15) is 0 Å². The third-order valence-corrected chi connectivity index (χ3v) is 2.66. The summed E-state index contributed by atoms with van der Waals surface area (Å²) in [7, 11) is 0. The van der Waals surface area contributed by atoms with E-state index in [1.807, 2.05) is 4.57 Å². The Bertz CT molecular complexity index is 451. The molecular formula is C9H11ClN4. The van der Waals surface area contributed by atoms with Crippen LogP contribution in [-0.2, 0) is 0 Å². The molecule has 0 aliphatic heterocycles. The van der Waals surface area contributed by atoms with Gasteiger partial charge in [0.15, 0.2) is 10.8 Å². The Morgan fingerprint density at radius 3 is 2.93 bits per heavy atom. The molecule has 0 amide bonds. The molecule has 0 aliphatic carbocycles. The van der Waals surface area contributed by atoms with E-state index in [0.717, 1.165) is 12.1 Å². The number of hydrogen-bond acceptors (Lipinski definition) is 3. The molecule has 0 fully saturated rings. The maximum Gasteiger partial charge on any atom is 0.165 e. The first-order chi connectivity index (χ1) is 6.74. The molecule has 14 heavy (non-hydrogen) atoms. The second-order valence-electron chi connectivity index (χ2n) is 3.25. The molecule has 0 aromatic carbocycles. The van der Waals surface area contributed by atoms with Gasteiger partial charge >= 0.3 is 0 Å². The second kappa shape index (κ2) is 3.53. The fourth-order valence-corrected chi connectivity index (χ4v) is 1.52. The fourth-order valence-electron chi connectivity index (χ4n) is 1.34. The van der Waals surface area contributed by atoms with Crippen LogP contribution in [0.5, 0.6) is 0 Å². The van der Waals surface area contributed by atoms with Crippen LogP contribution in [0.15, 0.2) is 12.7 Å². The van der Waals surface area contributed by atoms with Crippen LogP contribution in [0.3, 0.4) is 0 Å². The predicted octanol–water partition coefficient (Wildman–Crippen LogP) is 2.45. The number of fused-ring (bicyclic) bond motifs is 1. The van der Waals surface area contributed by atoms with Gasteiger partial charge in [0.1, 0.15) is 11.8 Å². The third kappa shape index (κ3) is 1.35. The van der Waals surface area contributed by atoms with Gasteiger partial charge in [-0.15, -0.1) is 0 Å². The lowest BCUT2D eigenvalue weighted by atomic mass is 10.2. The van der Waals surface area contributed by atoms with Crippen molar-refractivity contribution in [2.24, 2.45) is 0 Å². The topological polar surface area (TPSA) is 43.6 Å². The highest BCUT2D eigenvalue weighted by Crippen LogP contribution is 2.21. The average molecular weight is 211 g/mol. The molecule has 2 aromatic heterocycles. The van der Waals surface area contributed by atoms with Gasteiger partial charge in [-0.3, -0.25) is 0 Å². The standard InChI is InChI=1S/C9H11ClN4/c1-3-6(2)14-5-13-7-8(10)11-4-12-9(7)14/h4-6H,3H2,1-2H3. The molecule has 1 unspecified atom stereocenters.